The van der Waals surface area contributed by atoms with E-state index in [1.165, 1.54) is 11.3 Å². The minimum absolute atomic E-state index is 0.00565. The fraction of sp³-hybridized carbons (Fsp3) is 0.240. The number of fused-ring (bicyclic) bond motifs is 1. The Labute approximate surface area is 179 Å². The molecule has 30 heavy (non-hydrogen) atoms. The fourth-order valence-corrected chi connectivity index (χ4v) is 4.55. The summed E-state index contributed by atoms with van der Waals surface area (Å²) < 4.78 is 1.55. The highest BCUT2D eigenvalue weighted by Gasteiger charge is 2.19. The van der Waals surface area contributed by atoms with Gasteiger partial charge in [0.25, 0.3) is 5.56 Å². The lowest BCUT2D eigenvalue weighted by Crippen LogP contribution is -2.29. The average Bonchev–Trinajstić information content (AvgIpc) is 3.17. The number of hydrogen-bond acceptors (Lipinski definition) is 4. The van der Waals surface area contributed by atoms with Gasteiger partial charge in [-0.05, 0) is 42.7 Å². The predicted octanol–water partition coefficient (Wildman–Crippen LogP) is 5.75. The molecule has 0 amide bonds. The lowest BCUT2D eigenvalue weighted by molar-refractivity contribution is 0.0969. The average molecular weight is 417 g/mol. The predicted molar refractivity (Wildman–Crippen MR) is 124 cm³/mol. The minimum Gasteiger partial charge on any atom is -0.292 e. The van der Waals surface area contributed by atoms with Gasteiger partial charge in [0.2, 0.25) is 0 Å². The molecule has 2 aromatic carbocycles. The first-order valence-corrected chi connectivity index (χ1v) is 10.9. The quantitative estimate of drug-likeness (QED) is 0.389. The van der Waals surface area contributed by atoms with Gasteiger partial charge in [0, 0.05) is 16.4 Å². The molecule has 0 aliphatic carbocycles. The van der Waals surface area contributed by atoms with E-state index in [9.17, 15) is 9.59 Å². The van der Waals surface area contributed by atoms with Crippen molar-refractivity contribution in [1.82, 2.24) is 9.55 Å². The smallest absolute Gasteiger partial charge is 0.262 e. The van der Waals surface area contributed by atoms with Gasteiger partial charge in [-0.15, -0.1) is 11.3 Å². The molecule has 0 saturated carbocycles. The molecule has 5 heteroatoms. The number of benzene rings is 2. The monoisotopic (exact) mass is 416 g/mol. The molecule has 2 heterocycles. The highest BCUT2D eigenvalue weighted by atomic mass is 32.1. The zero-order valence-electron chi connectivity index (χ0n) is 17.6. The molecule has 0 bridgehead atoms. The number of nitrogens with zero attached hydrogens (tertiary/aromatic N) is 2. The van der Waals surface area contributed by atoms with E-state index < -0.39 is 0 Å². The van der Waals surface area contributed by atoms with Gasteiger partial charge in [0.1, 0.15) is 10.7 Å². The Morgan fingerprint density at radius 1 is 1.03 bits per heavy atom. The molecular weight excluding hydrogens is 392 g/mol. The van der Waals surface area contributed by atoms with Crippen LogP contribution in [-0.2, 0) is 6.54 Å². The van der Waals surface area contributed by atoms with E-state index >= 15 is 0 Å². The van der Waals surface area contributed by atoms with Crippen molar-refractivity contribution in [3.05, 3.63) is 87.5 Å². The number of thiophene rings is 1. The number of carbonyl (C=O) groups is 1. The second-order valence-electron chi connectivity index (χ2n) is 7.93. The Kier molecular flexibility index (Phi) is 5.39. The number of carbonyl (C=O) groups excluding carboxylic acids is 1. The molecule has 0 atom stereocenters. The number of hydrogen-bond donors (Lipinski definition) is 0. The minimum atomic E-state index is -0.153. The highest BCUT2D eigenvalue weighted by Crippen LogP contribution is 2.31. The number of aryl methyl sites for hydroxylation is 2. The number of rotatable bonds is 5. The van der Waals surface area contributed by atoms with Crippen LogP contribution in [0.4, 0.5) is 0 Å². The van der Waals surface area contributed by atoms with Crippen LogP contribution in [0.25, 0.3) is 20.7 Å². The standard InChI is InChI=1S/C25H24N2O2S/c1-15(2)23-26-24-20(13-22(30-24)18-8-6-5-7-9-18)25(29)27(23)14-21(28)19-11-10-16(3)17(4)12-19/h5-13,15H,14H2,1-4H3. The van der Waals surface area contributed by atoms with E-state index in [1.54, 1.807) is 4.57 Å². The summed E-state index contributed by atoms with van der Waals surface area (Å²) in [6, 6.07) is 17.5. The molecule has 0 N–H and O–H groups in total. The third kappa shape index (κ3) is 3.73. The van der Waals surface area contributed by atoms with Crippen LogP contribution in [0.3, 0.4) is 0 Å². The van der Waals surface area contributed by atoms with Crippen molar-refractivity contribution in [1.29, 1.82) is 0 Å². The summed E-state index contributed by atoms with van der Waals surface area (Å²) in [5.74, 6) is 0.588. The summed E-state index contributed by atoms with van der Waals surface area (Å²) in [6.45, 7) is 7.99. The third-order valence-corrected chi connectivity index (χ3v) is 6.46. The normalized spacial score (nSPS) is 11.4. The molecule has 0 aliphatic heterocycles. The van der Waals surface area contributed by atoms with Gasteiger partial charge in [0.05, 0.1) is 11.9 Å². The maximum atomic E-state index is 13.4. The van der Waals surface area contributed by atoms with E-state index in [1.807, 2.05) is 82.3 Å². The van der Waals surface area contributed by atoms with Crippen LogP contribution in [0.2, 0.25) is 0 Å². The first-order valence-electron chi connectivity index (χ1n) is 10.1. The topological polar surface area (TPSA) is 52.0 Å². The molecule has 0 aliphatic rings. The summed E-state index contributed by atoms with van der Waals surface area (Å²) >= 11 is 1.51. The van der Waals surface area contributed by atoms with Crippen LogP contribution in [0, 0.1) is 13.8 Å². The molecular formula is C25H24N2O2S. The van der Waals surface area contributed by atoms with Crippen molar-refractivity contribution in [3.63, 3.8) is 0 Å². The summed E-state index contributed by atoms with van der Waals surface area (Å²) in [5.41, 5.74) is 3.73. The summed E-state index contributed by atoms with van der Waals surface area (Å²) in [5, 5.41) is 0.566. The zero-order chi connectivity index (χ0) is 21.4. The van der Waals surface area contributed by atoms with Crippen LogP contribution in [-0.4, -0.2) is 15.3 Å². The van der Waals surface area contributed by atoms with Crippen LogP contribution in [0.1, 0.15) is 47.1 Å². The van der Waals surface area contributed by atoms with Gasteiger partial charge < -0.3 is 0 Å². The van der Waals surface area contributed by atoms with Crippen molar-refractivity contribution in [3.8, 4) is 10.4 Å². The van der Waals surface area contributed by atoms with Gasteiger partial charge in [-0.2, -0.15) is 0 Å². The molecule has 4 aromatic rings. The Hall–Kier alpha value is -3.05. The van der Waals surface area contributed by atoms with Crippen LogP contribution in [0.5, 0.6) is 0 Å². The second-order valence-corrected chi connectivity index (χ2v) is 8.96. The Morgan fingerprint density at radius 2 is 1.77 bits per heavy atom. The number of aromatic nitrogens is 2. The molecule has 152 valence electrons. The molecule has 0 fully saturated rings. The third-order valence-electron chi connectivity index (χ3n) is 5.39. The van der Waals surface area contributed by atoms with Crippen LogP contribution < -0.4 is 5.56 Å². The van der Waals surface area contributed by atoms with Crippen molar-refractivity contribution >= 4 is 27.3 Å². The molecule has 0 radical (unpaired) electrons. The lowest BCUT2D eigenvalue weighted by Gasteiger charge is -2.14. The van der Waals surface area contributed by atoms with Gasteiger partial charge in [-0.1, -0.05) is 56.3 Å². The highest BCUT2D eigenvalue weighted by molar-refractivity contribution is 7.21. The van der Waals surface area contributed by atoms with Crippen molar-refractivity contribution in [2.75, 3.05) is 0 Å². The lowest BCUT2D eigenvalue weighted by atomic mass is 10.0. The Morgan fingerprint density at radius 3 is 2.43 bits per heavy atom. The SMILES string of the molecule is Cc1ccc(C(=O)Cn2c(C(C)C)nc3sc(-c4ccccc4)cc3c2=O)cc1C. The van der Waals surface area contributed by atoms with Crippen molar-refractivity contribution in [2.45, 2.75) is 40.2 Å². The van der Waals surface area contributed by atoms with Gasteiger partial charge in [-0.25, -0.2) is 4.98 Å². The van der Waals surface area contributed by atoms with E-state index in [4.69, 9.17) is 4.98 Å². The van der Waals surface area contributed by atoms with Gasteiger partial charge in [-0.3, -0.25) is 14.2 Å². The zero-order valence-corrected chi connectivity index (χ0v) is 18.4. The van der Waals surface area contributed by atoms with E-state index in [0.717, 1.165) is 26.4 Å². The maximum absolute atomic E-state index is 13.4. The van der Waals surface area contributed by atoms with E-state index in [2.05, 4.69) is 0 Å². The first kappa shape index (κ1) is 20.2. The molecule has 4 nitrogen and oxygen atoms in total. The van der Waals surface area contributed by atoms with Crippen LogP contribution in [0.15, 0.2) is 59.4 Å². The maximum Gasteiger partial charge on any atom is 0.262 e. The van der Waals surface area contributed by atoms with Gasteiger partial charge in [0.15, 0.2) is 5.78 Å². The molecule has 2 aromatic heterocycles. The second kappa shape index (κ2) is 8.00. The van der Waals surface area contributed by atoms with E-state index in [0.29, 0.717) is 16.8 Å². The molecule has 4 rings (SSSR count). The van der Waals surface area contributed by atoms with Crippen molar-refractivity contribution < 1.29 is 4.79 Å². The van der Waals surface area contributed by atoms with E-state index in [-0.39, 0.29) is 23.8 Å². The largest absolute Gasteiger partial charge is 0.292 e. The van der Waals surface area contributed by atoms with Crippen molar-refractivity contribution in [2.24, 2.45) is 0 Å². The number of ketones is 1. The Balaban J connectivity index is 1.81. The van der Waals surface area contributed by atoms with Gasteiger partial charge >= 0.3 is 0 Å². The fourth-order valence-electron chi connectivity index (χ4n) is 3.52. The summed E-state index contributed by atoms with van der Waals surface area (Å²) in [4.78, 5) is 32.9. The molecule has 0 saturated heterocycles. The van der Waals surface area contributed by atoms with Crippen LogP contribution >= 0.6 is 11.3 Å². The summed E-state index contributed by atoms with van der Waals surface area (Å²) in [6.07, 6.45) is 0. The summed E-state index contributed by atoms with van der Waals surface area (Å²) in [7, 11) is 0. The molecule has 0 spiro atoms. The first-order chi connectivity index (χ1) is 14.3. The number of Topliss-reactive ketones (excluding diaryl/α,β-unsaturated/α-hetero) is 1. The Bertz CT molecular complexity index is 1300. The molecule has 0 unspecified atom stereocenters.